The van der Waals surface area contributed by atoms with E-state index in [4.69, 9.17) is 0 Å². The molecule has 0 spiro atoms. The van der Waals surface area contributed by atoms with E-state index in [1.165, 1.54) is 12.9 Å². The molecule has 1 atom stereocenters. The van der Waals surface area contributed by atoms with Crippen molar-refractivity contribution in [3.63, 3.8) is 0 Å². The summed E-state index contributed by atoms with van der Waals surface area (Å²) in [6, 6.07) is 0. The summed E-state index contributed by atoms with van der Waals surface area (Å²) in [5.41, 5.74) is 0. The van der Waals surface area contributed by atoms with E-state index in [2.05, 4.69) is 12.2 Å². The van der Waals surface area contributed by atoms with Crippen LogP contribution in [0.3, 0.4) is 0 Å². The molecule has 0 aromatic heterocycles. The molecule has 1 aliphatic rings. The zero-order valence-electron chi connectivity index (χ0n) is 4.49. The smallest absolute Gasteiger partial charge is 0.0281 e. The fraction of sp³-hybridized carbons (Fsp3) is 1.00. The molecular weight excluding hydrogens is 72.9 g/mol. The van der Waals surface area contributed by atoms with E-state index in [0.29, 0.717) is 7.41 Å². The monoisotopic (exact) mass is 84.1 g/mol. The van der Waals surface area contributed by atoms with E-state index in [1.54, 1.807) is 0 Å². The molecule has 0 aromatic rings. The quantitative estimate of drug-likeness (QED) is 0.398. The first-order chi connectivity index (χ1) is 2.89. The minimum absolute atomic E-state index is 0.345. The molecule has 0 amide bonds. The molecule has 0 bridgehead atoms. The van der Waals surface area contributed by atoms with Crippen molar-refractivity contribution in [1.29, 1.82) is 0 Å². The van der Waals surface area contributed by atoms with E-state index in [0.717, 1.165) is 5.92 Å². The highest BCUT2D eigenvalue weighted by Gasteiger charge is 2.00. The van der Waals surface area contributed by atoms with Crippen molar-refractivity contribution in [2.45, 2.75) is 13.2 Å². The molecule has 1 aliphatic heterocycles. The first-order valence-corrected chi connectivity index (χ1v) is 2.95. The van der Waals surface area contributed by atoms with Crippen LogP contribution in [0.4, 0.5) is 0 Å². The van der Waals surface area contributed by atoms with Crippen molar-refractivity contribution in [3.05, 3.63) is 0 Å². The van der Waals surface area contributed by atoms with Crippen LogP contribution in [0.5, 0.6) is 0 Å². The van der Waals surface area contributed by atoms with Gasteiger partial charge in [0.1, 0.15) is 0 Å². The topological polar surface area (TPSA) is 12.0 Å². The zero-order chi connectivity index (χ0) is 4.41. The van der Waals surface area contributed by atoms with Crippen molar-refractivity contribution >= 4 is 7.41 Å². The summed E-state index contributed by atoms with van der Waals surface area (Å²) < 4.78 is 0. The highest BCUT2D eigenvalue weighted by molar-refractivity contribution is 6.33. The Bertz CT molecular complexity index is 40.8. The van der Waals surface area contributed by atoms with Crippen molar-refractivity contribution in [1.82, 2.24) is 5.23 Å². The van der Waals surface area contributed by atoms with Gasteiger partial charge in [0, 0.05) is 7.41 Å². The predicted molar refractivity (Wildman–Crippen MR) is 30.5 cm³/mol. The average Bonchev–Trinajstić information content (AvgIpc) is 1.86. The van der Waals surface area contributed by atoms with Crippen LogP contribution in [0, 0.1) is 5.92 Å². The van der Waals surface area contributed by atoms with Crippen LogP contribution in [-0.4, -0.2) is 14.0 Å². The summed E-state index contributed by atoms with van der Waals surface area (Å²) in [5.74, 6) is 0.991. The maximum absolute atomic E-state index is 3.40. The van der Waals surface area contributed by atoms with Gasteiger partial charge in [0.15, 0.2) is 0 Å². The third-order valence-corrected chi connectivity index (χ3v) is 1.70. The lowest BCUT2D eigenvalue weighted by atomic mass is 9.89. The normalized spacial score (nSPS) is 34.5. The Morgan fingerprint density at radius 3 is 2.83 bits per heavy atom. The summed E-state index contributed by atoms with van der Waals surface area (Å²) >= 11 is 0. The lowest BCUT2D eigenvalue weighted by molar-refractivity contribution is 0.679. The summed E-state index contributed by atoms with van der Waals surface area (Å²) in [5, 5.41) is 3.40. The molecule has 2 heteroatoms. The van der Waals surface area contributed by atoms with E-state index < -0.39 is 0 Å². The van der Waals surface area contributed by atoms with Crippen LogP contribution in [0.25, 0.3) is 0 Å². The highest BCUT2D eigenvalue weighted by Crippen LogP contribution is 2.02. The van der Waals surface area contributed by atoms with Crippen LogP contribution >= 0.6 is 0 Å². The maximum Gasteiger partial charge on any atom is 0.0281 e. The van der Waals surface area contributed by atoms with Crippen LogP contribution in [-0.2, 0) is 0 Å². The van der Waals surface area contributed by atoms with Crippen LogP contribution in [0.15, 0.2) is 0 Å². The fourth-order valence-corrected chi connectivity index (χ4v) is 1.13. The largest absolute Gasteiger partial charge is 0.494 e. The third kappa shape index (κ3) is 0.746. The van der Waals surface area contributed by atoms with Gasteiger partial charge in [-0.1, -0.05) is 12.8 Å². The van der Waals surface area contributed by atoms with Crippen molar-refractivity contribution in [2.24, 2.45) is 5.92 Å². The molecule has 1 saturated heterocycles. The molecule has 0 aliphatic carbocycles. The van der Waals surface area contributed by atoms with Gasteiger partial charge in [-0.15, -0.1) is 0 Å². The van der Waals surface area contributed by atoms with Gasteiger partial charge in [-0.3, -0.25) is 0 Å². The lowest BCUT2D eigenvalue weighted by Gasteiger charge is -1.96. The van der Waals surface area contributed by atoms with Gasteiger partial charge in [-0.2, -0.15) is 6.32 Å². The van der Waals surface area contributed by atoms with Crippen LogP contribution in [0.1, 0.15) is 6.92 Å². The molecule has 0 aromatic carbocycles. The van der Waals surface area contributed by atoms with Gasteiger partial charge >= 0.3 is 0 Å². The molecule has 1 heterocycles. The van der Waals surface area contributed by atoms with E-state index in [9.17, 15) is 0 Å². The molecule has 1 unspecified atom stereocenters. The Labute approximate surface area is 39.4 Å². The third-order valence-electron chi connectivity index (χ3n) is 1.70. The second kappa shape index (κ2) is 1.65. The van der Waals surface area contributed by atoms with Crippen LogP contribution in [0.2, 0.25) is 6.32 Å². The van der Waals surface area contributed by atoms with E-state index in [-0.39, 0.29) is 0 Å². The van der Waals surface area contributed by atoms with E-state index in [1.807, 2.05) is 0 Å². The number of rotatable bonds is 0. The minimum atomic E-state index is 0.345. The molecule has 1 N–H and O–H groups in total. The minimum Gasteiger partial charge on any atom is -0.494 e. The highest BCUT2D eigenvalue weighted by atomic mass is 14.8. The van der Waals surface area contributed by atoms with Gasteiger partial charge < -0.3 is 5.23 Å². The number of hydrogen-bond donors (Lipinski definition) is 1. The average molecular weight is 84.0 g/mol. The second-order valence-corrected chi connectivity index (χ2v) is 2.42. The van der Waals surface area contributed by atoms with Crippen molar-refractivity contribution in [2.75, 3.05) is 6.54 Å². The van der Waals surface area contributed by atoms with Gasteiger partial charge in [0.05, 0.1) is 0 Å². The molecule has 36 valence electrons. The summed E-state index contributed by atoms with van der Waals surface area (Å²) in [7, 11) is 0.345. The molecule has 1 nitrogen and oxygen atoms in total. The first kappa shape index (κ1) is 4.19. The zero-order valence-corrected chi connectivity index (χ0v) is 4.49. The Morgan fingerprint density at radius 1 is 1.83 bits per heavy atom. The summed E-state index contributed by atoms with van der Waals surface area (Å²) in [6.07, 6.45) is 1.50. The summed E-state index contributed by atoms with van der Waals surface area (Å²) in [6.45, 7) is 3.60. The van der Waals surface area contributed by atoms with Crippen molar-refractivity contribution < 1.29 is 0 Å². The van der Waals surface area contributed by atoms with Gasteiger partial charge in [-0.05, 0) is 6.54 Å². The van der Waals surface area contributed by atoms with E-state index >= 15 is 0 Å². The Kier molecular flexibility index (Phi) is 1.15. The van der Waals surface area contributed by atoms with Crippen molar-refractivity contribution in [3.8, 4) is 0 Å². The first-order valence-electron chi connectivity index (χ1n) is 2.95. The van der Waals surface area contributed by atoms with Gasteiger partial charge in [-0.25, -0.2) is 0 Å². The molecule has 1 rings (SSSR count). The predicted octanol–water partition coefficient (Wildman–Crippen LogP) is -0.272. The Hall–Kier alpha value is 0.0249. The maximum atomic E-state index is 3.40. The molecule has 1 fully saturated rings. The molecule has 6 heavy (non-hydrogen) atoms. The fourth-order valence-electron chi connectivity index (χ4n) is 1.13. The SMILES string of the molecule is CC1C[BH2-]NC1. The lowest BCUT2D eigenvalue weighted by Crippen LogP contribution is -2.09. The Balaban J connectivity index is 2.18. The molecule has 0 saturated carbocycles. The number of hydrogen-bond acceptors (Lipinski definition) is 1. The number of nitrogens with one attached hydrogen (secondary N) is 1. The molecular formula is C4H11BN-. The van der Waals surface area contributed by atoms with Crippen LogP contribution < -0.4 is 5.23 Å². The van der Waals surface area contributed by atoms with Gasteiger partial charge in [0.25, 0.3) is 0 Å². The standard InChI is InChI=1S/C4H11BN/c1-4-2-5-6-3-4/h4,6H,2-3,5H2,1H3/q-1. The summed E-state index contributed by atoms with van der Waals surface area (Å²) in [4.78, 5) is 0. The molecule has 0 radical (unpaired) electrons. The second-order valence-electron chi connectivity index (χ2n) is 2.42. The Morgan fingerprint density at radius 2 is 2.67 bits per heavy atom. The van der Waals surface area contributed by atoms with Gasteiger partial charge in [0.2, 0.25) is 0 Å².